The van der Waals surface area contributed by atoms with Crippen molar-refractivity contribution in [1.29, 1.82) is 0 Å². The first kappa shape index (κ1) is 25.1. The average Bonchev–Trinajstić information content (AvgIpc) is 3.13. The van der Waals surface area contributed by atoms with Gasteiger partial charge in [-0.05, 0) is 68.6 Å². The lowest BCUT2D eigenvalue weighted by Crippen LogP contribution is -1.96. The normalized spacial score (nSPS) is 11.9. The quantitative estimate of drug-likeness (QED) is 0.150. The molecule has 6 aromatic carbocycles. The number of aromatic nitrogens is 4. The van der Waals surface area contributed by atoms with Crippen molar-refractivity contribution in [3.63, 3.8) is 0 Å². The van der Waals surface area contributed by atoms with Crippen molar-refractivity contribution >= 4 is 76.1 Å². The Kier molecular flexibility index (Phi) is 5.25. The van der Waals surface area contributed by atoms with Gasteiger partial charge in [0, 0.05) is 51.1 Å². The summed E-state index contributed by atoms with van der Waals surface area (Å²) in [7, 11) is 0. The summed E-state index contributed by atoms with van der Waals surface area (Å²) >= 11 is 0. The van der Waals surface area contributed by atoms with Crippen molar-refractivity contribution < 1.29 is 0 Å². The molecule has 10 aromatic rings. The molecule has 0 aliphatic carbocycles. The van der Waals surface area contributed by atoms with E-state index < -0.39 is 0 Å². The first-order valence-corrected chi connectivity index (χ1v) is 15.5. The highest BCUT2D eigenvalue weighted by Crippen LogP contribution is 2.49. The Bertz CT molecular complexity index is 2820. The predicted molar refractivity (Wildman–Crippen MR) is 191 cm³/mol. The molecule has 0 N–H and O–H groups in total. The van der Waals surface area contributed by atoms with Gasteiger partial charge in [-0.25, -0.2) is 4.98 Å². The second kappa shape index (κ2) is 9.62. The van der Waals surface area contributed by atoms with E-state index in [-0.39, 0.29) is 0 Å². The molecule has 4 aromatic heterocycles. The average molecular weight is 585 g/mol. The first-order valence-electron chi connectivity index (χ1n) is 15.5. The first-order chi connectivity index (χ1) is 22.8. The van der Waals surface area contributed by atoms with Crippen molar-refractivity contribution in [1.82, 2.24) is 19.9 Å². The zero-order valence-electron chi connectivity index (χ0n) is 24.6. The van der Waals surface area contributed by atoms with Gasteiger partial charge in [0.1, 0.15) is 0 Å². The second-order valence-corrected chi connectivity index (χ2v) is 11.8. The second-order valence-electron chi connectivity index (χ2n) is 11.8. The number of benzene rings is 6. The van der Waals surface area contributed by atoms with Crippen LogP contribution in [0.4, 0.5) is 0 Å². The molecule has 10 rings (SSSR count). The maximum atomic E-state index is 5.21. The van der Waals surface area contributed by atoms with Crippen LogP contribution >= 0.6 is 0 Å². The van der Waals surface area contributed by atoms with E-state index in [2.05, 4.69) is 109 Å². The minimum Gasteiger partial charge on any atom is -0.254 e. The van der Waals surface area contributed by atoms with Crippen molar-refractivity contribution in [3.05, 3.63) is 146 Å². The van der Waals surface area contributed by atoms with Crippen molar-refractivity contribution in [3.8, 4) is 22.3 Å². The van der Waals surface area contributed by atoms with Gasteiger partial charge >= 0.3 is 0 Å². The third-order valence-corrected chi connectivity index (χ3v) is 9.33. The fourth-order valence-electron chi connectivity index (χ4n) is 7.43. The number of hydrogen-bond donors (Lipinski definition) is 0. The van der Waals surface area contributed by atoms with E-state index >= 15 is 0 Å². The summed E-state index contributed by atoms with van der Waals surface area (Å²) < 4.78 is 0. The molecule has 0 unspecified atom stereocenters. The summed E-state index contributed by atoms with van der Waals surface area (Å²) in [5, 5.41) is 10.2. The summed E-state index contributed by atoms with van der Waals surface area (Å²) in [5.41, 5.74) is 9.38. The Hall–Kier alpha value is -6.26. The van der Waals surface area contributed by atoms with Crippen LogP contribution in [0.1, 0.15) is 0 Å². The van der Waals surface area contributed by atoms with E-state index in [1.807, 2.05) is 36.8 Å². The van der Waals surface area contributed by atoms with Gasteiger partial charge in [0.05, 0.1) is 27.6 Å². The van der Waals surface area contributed by atoms with Gasteiger partial charge in [0.25, 0.3) is 0 Å². The summed E-state index contributed by atoms with van der Waals surface area (Å²) in [6, 6.07) is 45.2. The Labute approximate surface area is 263 Å². The summed E-state index contributed by atoms with van der Waals surface area (Å²) in [5.74, 6) is 0. The number of pyridine rings is 4. The van der Waals surface area contributed by atoms with Crippen molar-refractivity contribution in [2.24, 2.45) is 0 Å². The van der Waals surface area contributed by atoms with E-state index in [0.29, 0.717) is 0 Å². The van der Waals surface area contributed by atoms with Gasteiger partial charge in [0.15, 0.2) is 0 Å². The lowest BCUT2D eigenvalue weighted by Gasteiger charge is -2.21. The lowest BCUT2D eigenvalue weighted by atomic mass is 9.83. The zero-order valence-corrected chi connectivity index (χ0v) is 24.6. The number of para-hydroxylation sites is 1. The van der Waals surface area contributed by atoms with Crippen LogP contribution in [0, 0.1) is 0 Å². The molecule has 46 heavy (non-hydrogen) atoms. The number of rotatable bonds is 2. The maximum Gasteiger partial charge on any atom is 0.0978 e. The van der Waals surface area contributed by atoms with Crippen LogP contribution in [0.2, 0.25) is 0 Å². The topological polar surface area (TPSA) is 51.6 Å². The number of hydrogen-bond acceptors (Lipinski definition) is 4. The van der Waals surface area contributed by atoms with Gasteiger partial charge in [-0.1, -0.05) is 97.1 Å². The highest BCUT2D eigenvalue weighted by Gasteiger charge is 2.22. The van der Waals surface area contributed by atoms with Crippen LogP contribution in [-0.4, -0.2) is 19.9 Å². The molecule has 0 fully saturated rings. The van der Waals surface area contributed by atoms with E-state index in [1.54, 1.807) is 0 Å². The van der Waals surface area contributed by atoms with Crippen LogP contribution in [0.25, 0.3) is 98.3 Å². The van der Waals surface area contributed by atoms with Crippen LogP contribution in [0.5, 0.6) is 0 Å². The smallest absolute Gasteiger partial charge is 0.0978 e. The molecule has 0 spiro atoms. The monoisotopic (exact) mass is 584 g/mol. The van der Waals surface area contributed by atoms with E-state index in [0.717, 1.165) is 60.1 Å². The molecule has 0 aliphatic heterocycles. The van der Waals surface area contributed by atoms with Gasteiger partial charge < -0.3 is 0 Å². The third-order valence-electron chi connectivity index (χ3n) is 9.33. The molecule has 212 valence electrons. The summed E-state index contributed by atoms with van der Waals surface area (Å²) in [6.45, 7) is 0. The molecule has 0 atom stereocenters. The predicted octanol–water partition coefficient (Wildman–Crippen LogP) is 10.7. The SMILES string of the molecule is c1cnc2c(c1)cc(-c1c3ccccc3c(-c3c4ccccc4nc4c3ccc3cccnc34)c3ccccc13)c1cccnc12. The minimum absolute atomic E-state index is 0.915. The molecule has 4 heteroatoms. The lowest BCUT2D eigenvalue weighted by molar-refractivity contribution is 1.37. The standard InChI is InChI=1S/C42H24N4/c1-3-14-29-27(12-1)36(34-24-26-11-8-22-44-40(26)41-31(34)17-9-23-45-41)28-13-2-4-15-30(28)37(29)38-32-16-5-6-18-35(32)46-42-33(38)20-19-25-10-7-21-43-39(25)42/h1-24H. The maximum absolute atomic E-state index is 5.21. The highest BCUT2D eigenvalue weighted by molar-refractivity contribution is 6.29. The molecule has 4 nitrogen and oxygen atoms in total. The van der Waals surface area contributed by atoms with Crippen LogP contribution in [0.3, 0.4) is 0 Å². The molecular weight excluding hydrogens is 560 g/mol. The van der Waals surface area contributed by atoms with Gasteiger partial charge in [-0.15, -0.1) is 0 Å². The Morgan fingerprint density at radius 1 is 0.326 bits per heavy atom. The molecule has 4 heterocycles. The molecule has 0 saturated heterocycles. The summed E-state index contributed by atoms with van der Waals surface area (Å²) in [6.07, 6.45) is 5.56. The van der Waals surface area contributed by atoms with Gasteiger partial charge in [0.2, 0.25) is 0 Å². The van der Waals surface area contributed by atoms with Crippen LogP contribution in [0.15, 0.2) is 146 Å². The van der Waals surface area contributed by atoms with Crippen LogP contribution in [-0.2, 0) is 0 Å². The largest absolute Gasteiger partial charge is 0.254 e. The fraction of sp³-hybridized carbons (Fsp3) is 0. The van der Waals surface area contributed by atoms with Crippen LogP contribution < -0.4 is 0 Å². The van der Waals surface area contributed by atoms with Gasteiger partial charge in [-0.3, -0.25) is 15.0 Å². The minimum atomic E-state index is 0.915. The van der Waals surface area contributed by atoms with Gasteiger partial charge in [-0.2, -0.15) is 0 Å². The van der Waals surface area contributed by atoms with E-state index in [9.17, 15) is 0 Å². The number of nitrogens with zero attached hydrogens (tertiary/aromatic N) is 4. The Morgan fingerprint density at radius 2 is 0.848 bits per heavy atom. The Balaban J connectivity index is 1.43. The Morgan fingerprint density at radius 3 is 1.57 bits per heavy atom. The molecule has 0 saturated carbocycles. The zero-order chi connectivity index (χ0) is 30.2. The fourth-order valence-corrected chi connectivity index (χ4v) is 7.43. The molecule has 0 bridgehead atoms. The molecular formula is C42H24N4. The number of fused-ring (bicyclic) bond motifs is 9. The van der Waals surface area contributed by atoms with E-state index in [4.69, 9.17) is 19.9 Å². The van der Waals surface area contributed by atoms with Crippen molar-refractivity contribution in [2.45, 2.75) is 0 Å². The molecule has 0 aliphatic rings. The third kappa shape index (κ3) is 3.49. The van der Waals surface area contributed by atoms with Crippen molar-refractivity contribution in [2.75, 3.05) is 0 Å². The molecule has 0 amide bonds. The molecule has 0 radical (unpaired) electrons. The summed E-state index contributed by atoms with van der Waals surface area (Å²) in [4.78, 5) is 19.6. The van der Waals surface area contributed by atoms with E-state index in [1.165, 1.54) is 38.2 Å². The highest BCUT2D eigenvalue weighted by atomic mass is 14.7.